The summed E-state index contributed by atoms with van der Waals surface area (Å²) in [5.74, 6) is -0.215. The molecule has 1 saturated heterocycles. The molecule has 0 saturated carbocycles. The number of hydrogen-bond acceptors (Lipinski definition) is 3. The van der Waals surface area contributed by atoms with Crippen LogP contribution in [0.5, 0.6) is 0 Å². The van der Waals surface area contributed by atoms with Gasteiger partial charge in [-0.1, -0.05) is 0 Å². The molecule has 140 valence electrons. The second kappa shape index (κ2) is 7.50. The first-order valence-electron chi connectivity index (χ1n) is 6.68. The number of carbonyl (C=O) groups is 1. The zero-order valence-electron chi connectivity index (χ0n) is 12.5. The quantitative estimate of drug-likeness (QED) is 0.474. The van der Waals surface area contributed by atoms with Crippen LogP contribution >= 0.6 is 54.1 Å². The molecular weight excluding hydrogens is 688 g/mol. The third-order valence-electron chi connectivity index (χ3n) is 3.69. The summed E-state index contributed by atoms with van der Waals surface area (Å²) in [5, 5.41) is 1.34. The fraction of sp³-hybridized carbons (Fsp3) is 0.385. The van der Waals surface area contributed by atoms with Crippen LogP contribution in [0.3, 0.4) is 0 Å². The number of nitrogens with one attached hydrogen (secondary N) is 1. The van der Waals surface area contributed by atoms with Gasteiger partial charge in [0.1, 0.15) is 0 Å². The van der Waals surface area contributed by atoms with Crippen LogP contribution < -0.4 is 21.9 Å². The Hall–Kier alpha value is 1.10. The summed E-state index contributed by atoms with van der Waals surface area (Å²) in [4.78, 5) is 17.6. The number of carbonyl (C=O) groups excluding carboxylic acids is 1. The minimum Gasteiger partial charge on any atom is -1.00 e. The average molecular weight is 699 g/mol. The van der Waals surface area contributed by atoms with E-state index >= 15 is 0 Å². The van der Waals surface area contributed by atoms with E-state index in [2.05, 4.69) is 47.3 Å². The molecule has 0 spiro atoms. The van der Waals surface area contributed by atoms with Crippen LogP contribution in [0.2, 0.25) is 5.32 Å². The van der Waals surface area contributed by atoms with Crippen LogP contribution in [0.15, 0.2) is 23.2 Å². The molecule has 0 bridgehead atoms. The normalized spacial score (nSPS) is 26.4. The monoisotopic (exact) mass is 696 g/mol. The molecule has 0 radical (unpaired) electrons. The minimum absolute atomic E-state index is 0. The fourth-order valence-corrected chi connectivity index (χ4v) is 17.1. The second-order valence-electron chi connectivity index (χ2n) is 5.83. The molecule has 0 aliphatic carbocycles. The van der Waals surface area contributed by atoms with Crippen molar-refractivity contribution in [2.75, 3.05) is 6.54 Å². The maximum absolute atomic E-state index is 12.9. The Labute approximate surface area is 180 Å². The molecule has 1 fully saturated rings. The van der Waals surface area contributed by atoms with Crippen molar-refractivity contribution >= 4 is 78.3 Å². The van der Waals surface area contributed by atoms with E-state index in [9.17, 15) is 18.0 Å². The fourth-order valence-electron chi connectivity index (χ4n) is 2.74. The molecular formula is C13H11Br4F3N2OSSe. The van der Waals surface area contributed by atoms with Crippen LogP contribution in [-0.2, 0) is 6.18 Å². The number of benzene rings is 1. The van der Waals surface area contributed by atoms with E-state index < -0.39 is 19.2 Å². The zero-order valence-corrected chi connectivity index (χ0v) is 21.3. The van der Waals surface area contributed by atoms with Crippen LogP contribution in [0, 0.1) is 0 Å². The summed E-state index contributed by atoms with van der Waals surface area (Å²) >= 11 is 12.3. The van der Waals surface area contributed by atoms with Gasteiger partial charge in [0.2, 0.25) is 0 Å². The predicted octanol–water partition coefficient (Wildman–Crippen LogP) is 1.36. The number of quaternary nitrogens is 1. The third-order valence-corrected chi connectivity index (χ3v) is 11.0. The van der Waals surface area contributed by atoms with Gasteiger partial charge in [0.05, 0.1) is 0 Å². The Morgan fingerprint density at radius 1 is 1.36 bits per heavy atom. The van der Waals surface area contributed by atoms with E-state index in [4.69, 9.17) is 0 Å². The van der Waals surface area contributed by atoms with Crippen molar-refractivity contribution in [2.45, 2.75) is 23.2 Å². The summed E-state index contributed by atoms with van der Waals surface area (Å²) in [5.41, 5.74) is -0.443. The van der Waals surface area contributed by atoms with Crippen molar-refractivity contribution in [3.05, 3.63) is 29.3 Å². The van der Waals surface area contributed by atoms with Crippen molar-refractivity contribution in [1.82, 2.24) is 0 Å². The predicted molar refractivity (Wildman–Crippen MR) is 102 cm³/mol. The van der Waals surface area contributed by atoms with Gasteiger partial charge >= 0.3 is 165 Å². The van der Waals surface area contributed by atoms with Crippen molar-refractivity contribution in [1.29, 1.82) is 0 Å². The Bertz CT molecular complexity index is 756. The molecule has 2 aliphatic heterocycles. The number of halogens is 7. The maximum Gasteiger partial charge on any atom is -1.00 e. The van der Waals surface area contributed by atoms with Gasteiger partial charge in [-0.3, -0.25) is 0 Å². The van der Waals surface area contributed by atoms with Gasteiger partial charge in [0.15, 0.2) is 0 Å². The zero-order chi connectivity index (χ0) is 17.9. The Morgan fingerprint density at radius 2 is 2.00 bits per heavy atom. The SMILES string of the molecule is CC1(C[Se](Br)(Br)Br)C[NH+]2C(=O)c3ccc(C(F)(F)F)cc3N=C2S1.[Br-]. The van der Waals surface area contributed by atoms with Gasteiger partial charge in [0, 0.05) is 0 Å². The van der Waals surface area contributed by atoms with Gasteiger partial charge in [-0.15, -0.1) is 0 Å². The topological polar surface area (TPSA) is 33.9 Å². The number of hydrogen-bond donors (Lipinski definition) is 1. The Balaban J connectivity index is 0.00000225. The number of nitrogens with zero attached hydrogens (tertiary/aromatic N) is 1. The summed E-state index contributed by atoms with van der Waals surface area (Å²) in [6, 6.07) is 3.12. The van der Waals surface area contributed by atoms with Gasteiger partial charge < -0.3 is 17.0 Å². The number of fused-ring (bicyclic) bond motifs is 2. The van der Waals surface area contributed by atoms with Crippen LogP contribution in [0.4, 0.5) is 18.9 Å². The molecule has 1 aromatic rings. The van der Waals surface area contributed by atoms with Gasteiger partial charge in [-0.25, -0.2) is 0 Å². The molecule has 3 nitrogen and oxygen atoms in total. The van der Waals surface area contributed by atoms with E-state index in [1.54, 1.807) is 0 Å². The van der Waals surface area contributed by atoms with Crippen molar-refractivity contribution in [3.8, 4) is 0 Å². The molecule has 2 atom stereocenters. The summed E-state index contributed by atoms with van der Waals surface area (Å²) in [6.07, 6.45) is -4.45. The number of amidine groups is 1. The number of aliphatic imine (C=N–C) groups is 1. The first kappa shape index (κ1) is 22.4. The van der Waals surface area contributed by atoms with E-state index in [0.717, 1.165) is 17.5 Å². The van der Waals surface area contributed by atoms with Gasteiger partial charge in [-0.2, -0.15) is 0 Å². The number of amides is 1. The van der Waals surface area contributed by atoms with E-state index in [1.807, 2.05) is 6.92 Å². The summed E-state index contributed by atoms with van der Waals surface area (Å²) in [6.45, 7) is 2.60. The first-order chi connectivity index (χ1) is 10.9. The van der Waals surface area contributed by atoms with Crippen molar-refractivity contribution in [3.63, 3.8) is 0 Å². The first-order valence-corrected chi connectivity index (χ1v) is 20.7. The molecule has 2 unspecified atom stereocenters. The second-order valence-corrected chi connectivity index (χ2v) is 40.9. The van der Waals surface area contributed by atoms with E-state index in [0.29, 0.717) is 16.6 Å². The standard InChI is InChI=1S/C13H10Br3F3N2OSSe.BrH/c1-12(6-24(14,15)16)5-21-10(22)8-3-2-7(13(17,18)19)4-9(8)20-11(21)23-12;/h2-4H,5-6H2,1H3;1H. The van der Waals surface area contributed by atoms with Crippen LogP contribution in [-0.4, -0.2) is 29.8 Å². The average Bonchev–Trinajstić information content (AvgIpc) is 2.71. The summed E-state index contributed by atoms with van der Waals surface area (Å²) in [7, 11) is -2.09. The molecule has 1 amide bonds. The summed E-state index contributed by atoms with van der Waals surface area (Å²) < 4.78 is 38.4. The van der Waals surface area contributed by atoms with Gasteiger partial charge in [-0.05, 0) is 0 Å². The largest absolute Gasteiger partial charge is 1.00 e. The van der Waals surface area contributed by atoms with E-state index in [-0.39, 0.29) is 38.9 Å². The molecule has 2 heterocycles. The molecule has 0 aromatic heterocycles. The van der Waals surface area contributed by atoms with Crippen LogP contribution in [0.25, 0.3) is 0 Å². The molecule has 25 heavy (non-hydrogen) atoms. The van der Waals surface area contributed by atoms with Crippen LogP contribution in [0.1, 0.15) is 22.8 Å². The van der Waals surface area contributed by atoms with Gasteiger partial charge in [0.25, 0.3) is 0 Å². The number of alkyl halides is 3. The third kappa shape index (κ3) is 4.93. The van der Waals surface area contributed by atoms with Crippen molar-refractivity contribution in [2.24, 2.45) is 4.99 Å². The molecule has 1 aromatic carbocycles. The molecule has 12 heteroatoms. The molecule has 1 N–H and O–H groups in total. The maximum atomic E-state index is 12.9. The minimum atomic E-state index is -4.45. The number of rotatable bonds is 2. The smallest absolute Gasteiger partial charge is 1.00 e. The molecule has 3 rings (SSSR count). The Kier molecular flexibility index (Phi) is 6.71. The van der Waals surface area contributed by atoms with E-state index in [1.165, 1.54) is 17.8 Å². The Morgan fingerprint density at radius 3 is 2.56 bits per heavy atom. The molecule has 2 aliphatic rings. The van der Waals surface area contributed by atoms with Crippen molar-refractivity contribution < 1.29 is 39.8 Å². The number of thioether (sulfide) groups is 1.